The van der Waals surface area contributed by atoms with E-state index in [2.05, 4.69) is 10.0 Å². The quantitative estimate of drug-likeness (QED) is 0.397. The van der Waals surface area contributed by atoms with Gasteiger partial charge in [-0.3, -0.25) is 4.79 Å². The molecule has 0 aliphatic rings. The first-order valence-electron chi connectivity index (χ1n) is 6.93. The van der Waals surface area contributed by atoms with E-state index in [1.165, 1.54) is 11.3 Å². The lowest BCUT2D eigenvalue weighted by Gasteiger charge is -2.12. The highest BCUT2D eigenvalue weighted by atomic mass is 32.1. The molecule has 0 N–H and O–H groups in total. The molecule has 1 atom stereocenters. The summed E-state index contributed by atoms with van der Waals surface area (Å²) >= 11 is 1.47. The predicted molar refractivity (Wildman–Crippen MR) is 92.1 cm³/mol. The van der Waals surface area contributed by atoms with Crippen molar-refractivity contribution in [2.24, 2.45) is 5.11 Å². The number of fused-ring (bicyclic) bond motifs is 1. The third-order valence-corrected chi connectivity index (χ3v) is 4.58. The van der Waals surface area contributed by atoms with Crippen LogP contribution in [0.3, 0.4) is 0 Å². The van der Waals surface area contributed by atoms with Crippen LogP contribution in [-0.2, 0) is 0 Å². The summed E-state index contributed by atoms with van der Waals surface area (Å²) in [7, 11) is 1.58. The van der Waals surface area contributed by atoms with Gasteiger partial charge in [0.25, 0.3) is 0 Å². The van der Waals surface area contributed by atoms with Crippen LogP contribution in [0.2, 0.25) is 0 Å². The monoisotopic (exact) mass is 323 g/mol. The zero-order chi connectivity index (χ0) is 16.2. The van der Waals surface area contributed by atoms with E-state index < -0.39 is 6.04 Å². The molecule has 3 rings (SSSR count). The van der Waals surface area contributed by atoms with Gasteiger partial charge < -0.3 is 4.74 Å². The van der Waals surface area contributed by atoms with E-state index in [0.717, 1.165) is 10.3 Å². The normalized spacial score (nSPS) is 11.7. The molecule has 6 heteroatoms. The molecule has 1 heterocycles. The first-order valence-corrected chi connectivity index (χ1v) is 7.81. The maximum absolute atomic E-state index is 12.7. The number of hydrogen-bond acceptors (Lipinski definition) is 4. The molecule has 0 spiro atoms. The zero-order valence-corrected chi connectivity index (χ0v) is 13.2. The van der Waals surface area contributed by atoms with Gasteiger partial charge in [0.1, 0.15) is 5.75 Å². The highest BCUT2D eigenvalue weighted by molar-refractivity contribution is 7.16. The van der Waals surface area contributed by atoms with E-state index in [9.17, 15) is 4.79 Å². The van der Waals surface area contributed by atoms with Crippen LogP contribution in [0.15, 0.2) is 63.8 Å². The van der Waals surface area contributed by atoms with Crippen molar-refractivity contribution in [3.05, 3.63) is 85.7 Å². The standard InChI is InChI=1S/C17H13N3O2S/c1-22-12-8-6-11(7-9-12)16(19-20-18)14-10-23-15-5-3-2-4-13(15)17(14)21/h2-10,16H,1H3. The molecule has 114 valence electrons. The molecule has 0 aliphatic heterocycles. The van der Waals surface area contributed by atoms with E-state index in [1.807, 2.05) is 18.2 Å². The van der Waals surface area contributed by atoms with Crippen molar-refractivity contribution in [3.8, 4) is 5.75 Å². The minimum Gasteiger partial charge on any atom is -0.497 e. The van der Waals surface area contributed by atoms with Crippen LogP contribution in [0, 0.1) is 0 Å². The van der Waals surface area contributed by atoms with Crippen molar-refractivity contribution >= 4 is 21.4 Å². The lowest BCUT2D eigenvalue weighted by molar-refractivity contribution is 0.414. The molecule has 0 radical (unpaired) electrons. The smallest absolute Gasteiger partial charge is 0.191 e. The molecule has 0 saturated heterocycles. The molecule has 5 nitrogen and oxygen atoms in total. The fraction of sp³-hybridized carbons (Fsp3) is 0.118. The number of nitrogens with zero attached hydrogens (tertiary/aromatic N) is 3. The number of methoxy groups -OCH3 is 1. The molecular weight excluding hydrogens is 310 g/mol. The molecule has 0 bridgehead atoms. The zero-order valence-electron chi connectivity index (χ0n) is 12.3. The fourth-order valence-corrected chi connectivity index (χ4v) is 3.36. The van der Waals surface area contributed by atoms with E-state index >= 15 is 0 Å². The van der Waals surface area contributed by atoms with Gasteiger partial charge in [-0.15, -0.1) is 11.3 Å². The van der Waals surface area contributed by atoms with Crippen LogP contribution in [0.5, 0.6) is 5.75 Å². The highest BCUT2D eigenvalue weighted by Crippen LogP contribution is 2.28. The third-order valence-electron chi connectivity index (χ3n) is 3.60. The van der Waals surface area contributed by atoms with Crippen molar-refractivity contribution < 1.29 is 4.74 Å². The first-order chi connectivity index (χ1) is 11.2. The Kier molecular flexibility index (Phi) is 4.28. The lowest BCUT2D eigenvalue weighted by Crippen LogP contribution is -2.12. The summed E-state index contributed by atoms with van der Waals surface area (Å²) in [6, 6.07) is 13.9. The van der Waals surface area contributed by atoms with Crippen molar-refractivity contribution in [2.75, 3.05) is 7.11 Å². The summed E-state index contributed by atoms with van der Waals surface area (Å²) in [5.74, 6) is 0.706. The summed E-state index contributed by atoms with van der Waals surface area (Å²) in [6.07, 6.45) is 0. The number of rotatable bonds is 4. The van der Waals surface area contributed by atoms with Gasteiger partial charge in [0.05, 0.1) is 13.2 Å². The molecule has 3 aromatic rings. The van der Waals surface area contributed by atoms with Gasteiger partial charge >= 0.3 is 0 Å². The molecule has 0 saturated carbocycles. The Hall–Kier alpha value is -2.82. The number of benzene rings is 2. The van der Waals surface area contributed by atoms with Gasteiger partial charge in [0, 0.05) is 20.6 Å². The lowest BCUT2D eigenvalue weighted by atomic mass is 10.0. The summed E-state index contributed by atoms with van der Waals surface area (Å²) in [4.78, 5) is 15.7. The van der Waals surface area contributed by atoms with E-state index in [0.29, 0.717) is 16.7 Å². The maximum Gasteiger partial charge on any atom is 0.191 e. The molecule has 1 aromatic heterocycles. The van der Waals surface area contributed by atoms with Gasteiger partial charge in [0.15, 0.2) is 5.43 Å². The van der Waals surface area contributed by atoms with Crippen molar-refractivity contribution in [1.29, 1.82) is 0 Å². The summed E-state index contributed by atoms with van der Waals surface area (Å²) < 4.78 is 6.05. The largest absolute Gasteiger partial charge is 0.497 e. The average molecular weight is 323 g/mol. The second-order valence-electron chi connectivity index (χ2n) is 4.90. The fourth-order valence-electron chi connectivity index (χ4n) is 2.43. The molecular formula is C17H13N3O2S. The average Bonchev–Trinajstić information content (AvgIpc) is 2.61. The number of hydrogen-bond donors (Lipinski definition) is 0. The van der Waals surface area contributed by atoms with Crippen molar-refractivity contribution in [2.45, 2.75) is 6.04 Å². The molecule has 0 aliphatic carbocycles. The summed E-state index contributed by atoms with van der Waals surface area (Å²) in [5.41, 5.74) is 10.0. The number of azide groups is 1. The Labute approximate surface area is 136 Å². The first kappa shape index (κ1) is 15.1. The highest BCUT2D eigenvalue weighted by Gasteiger charge is 2.17. The Bertz CT molecular complexity index is 944. The Morgan fingerprint density at radius 1 is 1.17 bits per heavy atom. The topological polar surface area (TPSA) is 75.1 Å². The van der Waals surface area contributed by atoms with Crippen LogP contribution < -0.4 is 10.2 Å². The third kappa shape index (κ3) is 2.90. The van der Waals surface area contributed by atoms with Gasteiger partial charge in [0.2, 0.25) is 0 Å². The summed E-state index contributed by atoms with van der Waals surface area (Å²) in [5, 5.41) is 6.25. The minimum absolute atomic E-state index is 0.104. The minimum atomic E-state index is -0.653. The van der Waals surface area contributed by atoms with Crippen LogP contribution in [0.4, 0.5) is 0 Å². The van der Waals surface area contributed by atoms with Gasteiger partial charge in [-0.25, -0.2) is 0 Å². The van der Waals surface area contributed by atoms with Crippen molar-refractivity contribution in [1.82, 2.24) is 0 Å². The van der Waals surface area contributed by atoms with Crippen LogP contribution in [0.1, 0.15) is 17.2 Å². The summed E-state index contributed by atoms with van der Waals surface area (Å²) in [6.45, 7) is 0. The van der Waals surface area contributed by atoms with E-state index in [1.54, 1.807) is 42.8 Å². The SMILES string of the molecule is COc1ccc(C(N=[N+]=[N-])c2csc3ccccc3c2=O)cc1. The van der Waals surface area contributed by atoms with Crippen molar-refractivity contribution in [3.63, 3.8) is 0 Å². The molecule has 2 aromatic carbocycles. The molecule has 0 amide bonds. The second-order valence-corrected chi connectivity index (χ2v) is 5.81. The Balaban J connectivity index is 2.16. The number of ether oxygens (including phenoxy) is 1. The van der Waals surface area contributed by atoms with Crippen LogP contribution >= 0.6 is 11.3 Å². The van der Waals surface area contributed by atoms with Gasteiger partial charge in [-0.1, -0.05) is 29.4 Å². The predicted octanol–water partition coefficient (Wildman–Crippen LogP) is 4.67. The van der Waals surface area contributed by atoms with Crippen LogP contribution in [-0.4, -0.2) is 7.11 Å². The maximum atomic E-state index is 12.7. The van der Waals surface area contributed by atoms with Gasteiger partial charge in [-0.05, 0) is 40.7 Å². The Morgan fingerprint density at radius 2 is 1.91 bits per heavy atom. The van der Waals surface area contributed by atoms with E-state index in [4.69, 9.17) is 10.3 Å². The Morgan fingerprint density at radius 3 is 2.61 bits per heavy atom. The second kappa shape index (κ2) is 6.52. The molecule has 0 fully saturated rings. The molecule has 23 heavy (non-hydrogen) atoms. The van der Waals surface area contributed by atoms with Gasteiger partial charge in [-0.2, -0.15) is 0 Å². The van der Waals surface area contributed by atoms with E-state index in [-0.39, 0.29) is 5.43 Å². The molecule has 1 unspecified atom stereocenters. The van der Waals surface area contributed by atoms with Crippen LogP contribution in [0.25, 0.3) is 20.5 Å².